The Kier molecular flexibility index (Phi) is 5.44. The predicted molar refractivity (Wildman–Crippen MR) is 71.7 cm³/mol. The molecule has 100 valence electrons. The molecule has 0 heterocycles. The third-order valence-electron chi connectivity index (χ3n) is 4.57. The Bertz CT molecular complexity index is 236. The fraction of sp³-hybridized carbons (Fsp3) is 0.929. The fourth-order valence-corrected chi connectivity index (χ4v) is 2.61. The molecule has 1 saturated carbocycles. The Morgan fingerprint density at radius 3 is 2.18 bits per heavy atom. The lowest BCUT2D eigenvalue weighted by Crippen LogP contribution is -2.49. The van der Waals surface area contributed by atoms with Gasteiger partial charge in [0.15, 0.2) is 0 Å². The second-order valence-corrected chi connectivity index (χ2v) is 5.33. The van der Waals surface area contributed by atoms with Crippen molar-refractivity contribution in [3.63, 3.8) is 0 Å². The summed E-state index contributed by atoms with van der Waals surface area (Å²) in [5.74, 6) is 1.02. The SMILES string of the molecule is CCN(CC1CCC1)C(=O)C(CC)(CC)CN. The lowest BCUT2D eigenvalue weighted by atomic mass is 9.79. The van der Waals surface area contributed by atoms with Crippen molar-refractivity contribution in [2.24, 2.45) is 17.1 Å². The van der Waals surface area contributed by atoms with Gasteiger partial charge in [-0.2, -0.15) is 0 Å². The molecule has 2 N–H and O–H groups in total. The number of carbonyl (C=O) groups is 1. The molecule has 0 aliphatic heterocycles. The zero-order valence-corrected chi connectivity index (χ0v) is 11.7. The van der Waals surface area contributed by atoms with E-state index in [0.717, 1.165) is 31.8 Å². The van der Waals surface area contributed by atoms with Crippen molar-refractivity contribution in [3.8, 4) is 0 Å². The van der Waals surface area contributed by atoms with Crippen molar-refractivity contribution in [2.75, 3.05) is 19.6 Å². The highest BCUT2D eigenvalue weighted by molar-refractivity contribution is 5.83. The van der Waals surface area contributed by atoms with Crippen LogP contribution in [0, 0.1) is 11.3 Å². The number of nitrogens with zero attached hydrogens (tertiary/aromatic N) is 1. The number of nitrogens with two attached hydrogens (primary N) is 1. The molecular weight excluding hydrogens is 212 g/mol. The molecule has 0 aromatic carbocycles. The van der Waals surface area contributed by atoms with Gasteiger partial charge in [-0.3, -0.25) is 4.79 Å². The van der Waals surface area contributed by atoms with Gasteiger partial charge in [-0.05, 0) is 38.5 Å². The van der Waals surface area contributed by atoms with Crippen LogP contribution in [0.15, 0.2) is 0 Å². The summed E-state index contributed by atoms with van der Waals surface area (Å²) >= 11 is 0. The maximum atomic E-state index is 12.6. The van der Waals surface area contributed by atoms with E-state index in [9.17, 15) is 4.79 Å². The molecule has 17 heavy (non-hydrogen) atoms. The fourth-order valence-electron chi connectivity index (χ4n) is 2.61. The molecule has 0 bridgehead atoms. The van der Waals surface area contributed by atoms with Crippen LogP contribution < -0.4 is 5.73 Å². The summed E-state index contributed by atoms with van der Waals surface area (Å²) < 4.78 is 0. The first-order chi connectivity index (χ1) is 8.13. The smallest absolute Gasteiger partial charge is 0.230 e. The third-order valence-corrected chi connectivity index (χ3v) is 4.57. The van der Waals surface area contributed by atoms with E-state index < -0.39 is 0 Å². The van der Waals surface area contributed by atoms with E-state index in [1.807, 2.05) is 4.90 Å². The van der Waals surface area contributed by atoms with Gasteiger partial charge in [-0.1, -0.05) is 20.3 Å². The third kappa shape index (κ3) is 3.01. The lowest BCUT2D eigenvalue weighted by molar-refractivity contribution is -0.143. The number of rotatable bonds is 7. The average Bonchev–Trinajstić information content (AvgIpc) is 2.31. The molecule has 0 spiro atoms. The number of carbonyl (C=O) groups excluding carboxylic acids is 1. The summed E-state index contributed by atoms with van der Waals surface area (Å²) in [5.41, 5.74) is 5.53. The van der Waals surface area contributed by atoms with E-state index in [1.54, 1.807) is 0 Å². The van der Waals surface area contributed by atoms with Gasteiger partial charge in [0.05, 0.1) is 5.41 Å². The van der Waals surface area contributed by atoms with E-state index in [0.29, 0.717) is 6.54 Å². The molecule has 0 aromatic heterocycles. The van der Waals surface area contributed by atoms with Gasteiger partial charge in [-0.15, -0.1) is 0 Å². The summed E-state index contributed by atoms with van der Waals surface area (Å²) in [4.78, 5) is 14.6. The van der Waals surface area contributed by atoms with Crippen molar-refractivity contribution in [1.29, 1.82) is 0 Å². The zero-order chi connectivity index (χ0) is 12.9. The number of hydrogen-bond donors (Lipinski definition) is 1. The van der Waals surface area contributed by atoms with Gasteiger partial charge in [0.25, 0.3) is 0 Å². The molecular formula is C14H28N2O. The van der Waals surface area contributed by atoms with Crippen LogP contribution in [0.5, 0.6) is 0 Å². The molecule has 3 nitrogen and oxygen atoms in total. The van der Waals surface area contributed by atoms with Crippen molar-refractivity contribution >= 4 is 5.91 Å². The maximum absolute atomic E-state index is 12.6. The monoisotopic (exact) mass is 240 g/mol. The molecule has 0 atom stereocenters. The molecule has 0 radical (unpaired) electrons. The average molecular weight is 240 g/mol. The van der Waals surface area contributed by atoms with Gasteiger partial charge in [-0.25, -0.2) is 0 Å². The zero-order valence-electron chi connectivity index (χ0n) is 11.7. The quantitative estimate of drug-likeness (QED) is 0.742. The van der Waals surface area contributed by atoms with Crippen molar-refractivity contribution in [3.05, 3.63) is 0 Å². The van der Waals surface area contributed by atoms with E-state index in [2.05, 4.69) is 20.8 Å². The highest BCUT2D eigenvalue weighted by Crippen LogP contribution is 2.31. The van der Waals surface area contributed by atoms with Crippen molar-refractivity contribution < 1.29 is 4.79 Å². The summed E-state index contributed by atoms with van der Waals surface area (Å²) in [6.45, 7) is 8.45. The molecule has 1 aliphatic rings. The van der Waals surface area contributed by atoms with Crippen molar-refractivity contribution in [1.82, 2.24) is 4.90 Å². The molecule has 1 amide bonds. The van der Waals surface area contributed by atoms with E-state index >= 15 is 0 Å². The molecule has 1 fully saturated rings. The van der Waals surface area contributed by atoms with Gasteiger partial charge in [0, 0.05) is 19.6 Å². The van der Waals surface area contributed by atoms with Crippen LogP contribution in [0.2, 0.25) is 0 Å². The molecule has 1 aliphatic carbocycles. The number of amides is 1. The summed E-state index contributed by atoms with van der Waals surface area (Å²) in [6.07, 6.45) is 5.61. The summed E-state index contributed by atoms with van der Waals surface area (Å²) in [6, 6.07) is 0. The van der Waals surface area contributed by atoms with Crippen LogP contribution in [0.3, 0.4) is 0 Å². The first-order valence-electron chi connectivity index (χ1n) is 7.13. The number of hydrogen-bond acceptors (Lipinski definition) is 2. The minimum Gasteiger partial charge on any atom is -0.342 e. The predicted octanol–water partition coefficient (Wildman–Crippen LogP) is 2.40. The second-order valence-electron chi connectivity index (χ2n) is 5.33. The van der Waals surface area contributed by atoms with Gasteiger partial charge < -0.3 is 10.6 Å². The molecule has 3 heteroatoms. The van der Waals surface area contributed by atoms with Crippen LogP contribution >= 0.6 is 0 Å². The minimum atomic E-state index is -0.320. The van der Waals surface area contributed by atoms with E-state index in [1.165, 1.54) is 19.3 Å². The first kappa shape index (κ1) is 14.5. The molecule has 1 rings (SSSR count). The highest BCUT2D eigenvalue weighted by Gasteiger charge is 2.37. The molecule has 0 unspecified atom stereocenters. The van der Waals surface area contributed by atoms with Gasteiger partial charge >= 0.3 is 0 Å². The minimum absolute atomic E-state index is 0.277. The van der Waals surface area contributed by atoms with Crippen LogP contribution in [0.25, 0.3) is 0 Å². The topological polar surface area (TPSA) is 46.3 Å². The van der Waals surface area contributed by atoms with Crippen LogP contribution in [0.1, 0.15) is 52.9 Å². The Labute approximate surface area is 106 Å². The Balaban J connectivity index is 2.67. The summed E-state index contributed by atoms with van der Waals surface area (Å²) in [7, 11) is 0. The Hall–Kier alpha value is -0.570. The van der Waals surface area contributed by atoms with Crippen LogP contribution in [-0.2, 0) is 4.79 Å². The largest absolute Gasteiger partial charge is 0.342 e. The Morgan fingerprint density at radius 1 is 1.29 bits per heavy atom. The van der Waals surface area contributed by atoms with E-state index in [4.69, 9.17) is 5.73 Å². The van der Waals surface area contributed by atoms with Crippen molar-refractivity contribution in [2.45, 2.75) is 52.9 Å². The molecule has 0 aromatic rings. The molecule has 0 saturated heterocycles. The second kappa shape index (κ2) is 6.39. The Morgan fingerprint density at radius 2 is 1.88 bits per heavy atom. The van der Waals surface area contributed by atoms with E-state index in [-0.39, 0.29) is 11.3 Å². The highest BCUT2D eigenvalue weighted by atomic mass is 16.2. The normalized spacial score (nSPS) is 16.7. The van der Waals surface area contributed by atoms with Gasteiger partial charge in [0.2, 0.25) is 5.91 Å². The lowest BCUT2D eigenvalue weighted by Gasteiger charge is -2.38. The standard InChI is InChI=1S/C14H28N2O/c1-4-14(5-2,11-15)13(17)16(6-3)10-12-8-7-9-12/h12H,4-11,15H2,1-3H3. The summed E-state index contributed by atoms with van der Waals surface area (Å²) in [5, 5.41) is 0. The van der Waals surface area contributed by atoms with Gasteiger partial charge in [0.1, 0.15) is 0 Å². The van der Waals surface area contributed by atoms with Crippen LogP contribution in [0.4, 0.5) is 0 Å². The maximum Gasteiger partial charge on any atom is 0.230 e. The van der Waals surface area contributed by atoms with Crippen LogP contribution in [-0.4, -0.2) is 30.4 Å². The first-order valence-corrected chi connectivity index (χ1v) is 7.13.